The second-order valence-electron chi connectivity index (χ2n) is 11.6. The second-order valence-corrected chi connectivity index (χ2v) is 11.6. The fourth-order valence-corrected chi connectivity index (χ4v) is 6.28. The van der Waals surface area contributed by atoms with E-state index in [-0.39, 0.29) is 24.1 Å². The van der Waals surface area contributed by atoms with Gasteiger partial charge in [-0.25, -0.2) is 4.39 Å². The van der Waals surface area contributed by atoms with Gasteiger partial charge in [0.25, 0.3) is 0 Å². The minimum absolute atomic E-state index is 0.0397. The van der Waals surface area contributed by atoms with E-state index in [1.165, 1.54) is 25.1 Å². The summed E-state index contributed by atoms with van der Waals surface area (Å²) in [6.07, 6.45) is -6.64. The molecular weight excluding hydrogens is 615 g/mol. The maximum atomic E-state index is 13.9. The highest BCUT2D eigenvalue weighted by molar-refractivity contribution is 5.97. The molecule has 0 saturated carbocycles. The fraction of sp³-hybridized carbons (Fsp3) is 0.294. The zero-order valence-corrected chi connectivity index (χ0v) is 24.4. The molecule has 1 aromatic heterocycles. The van der Waals surface area contributed by atoms with E-state index < -0.39 is 53.5 Å². The van der Waals surface area contributed by atoms with Crippen molar-refractivity contribution in [2.24, 2.45) is 0 Å². The van der Waals surface area contributed by atoms with Crippen molar-refractivity contribution < 1.29 is 40.3 Å². The molecule has 0 bridgehead atoms. The predicted molar refractivity (Wildman–Crippen MR) is 155 cm³/mol. The van der Waals surface area contributed by atoms with Crippen LogP contribution in [0.2, 0.25) is 0 Å². The summed E-state index contributed by atoms with van der Waals surface area (Å²) in [6, 6.07) is 16.2. The van der Waals surface area contributed by atoms with Crippen LogP contribution in [0.5, 0.6) is 0 Å². The molecule has 5 nitrogen and oxygen atoms in total. The maximum Gasteiger partial charge on any atom is 0.416 e. The Balaban J connectivity index is 1.29. The van der Waals surface area contributed by atoms with Gasteiger partial charge in [-0.15, -0.1) is 0 Å². The Morgan fingerprint density at radius 2 is 1.59 bits per heavy atom. The topological polar surface area (TPSA) is 47.4 Å². The SMILES string of the molecule is C[C@@H](O[C@H]1CN2C(=O)C=C(c3cnn(Cc4ccccc4)c3)CC2[C@@H]1c1ccc(F)cc1)c1cc(C(F)(F)F)cc(C(F)(F)F)c1. The minimum atomic E-state index is -5.01. The zero-order chi connectivity index (χ0) is 32.8. The molecular formula is C34H28F7N3O2. The van der Waals surface area contributed by atoms with Gasteiger partial charge in [0.1, 0.15) is 5.82 Å². The van der Waals surface area contributed by atoms with Gasteiger partial charge in [0, 0.05) is 36.3 Å². The van der Waals surface area contributed by atoms with E-state index in [4.69, 9.17) is 4.74 Å². The number of nitrogens with zero attached hydrogens (tertiary/aromatic N) is 3. The van der Waals surface area contributed by atoms with Crippen LogP contribution in [-0.2, 0) is 28.4 Å². The Morgan fingerprint density at radius 1 is 0.935 bits per heavy atom. The lowest BCUT2D eigenvalue weighted by Gasteiger charge is -2.32. The summed E-state index contributed by atoms with van der Waals surface area (Å²) in [6.45, 7) is 1.94. The van der Waals surface area contributed by atoms with Crippen LogP contribution < -0.4 is 0 Å². The van der Waals surface area contributed by atoms with Crippen LogP contribution in [0.25, 0.3) is 5.57 Å². The number of ether oxygens (including phenoxy) is 1. The van der Waals surface area contributed by atoms with Crippen LogP contribution in [0.1, 0.15) is 58.7 Å². The largest absolute Gasteiger partial charge is 0.416 e. The highest BCUT2D eigenvalue weighted by Crippen LogP contribution is 2.45. The molecule has 1 saturated heterocycles. The number of rotatable bonds is 7. The molecule has 2 aliphatic heterocycles. The summed E-state index contributed by atoms with van der Waals surface area (Å²) < 4.78 is 103. The first-order valence-corrected chi connectivity index (χ1v) is 14.5. The number of carbonyl (C=O) groups excluding carboxylic acids is 1. The van der Waals surface area contributed by atoms with Gasteiger partial charge in [0.05, 0.1) is 36.1 Å². The average molecular weight is 644 g/mol. The van der Waals surface area contributed by atoms with Crippen molar-refractivity contribution in [3.05, 3.63) is 130 Å². The Labute approximate surface area is 259 Å². The van der Waals surface area contributed by atoms with Gasteiger partial charge in [0.15, 0.2) is 0 Å². The van der Waals surface area contributed by atoms with Crippen LogP contribution in [0.15, 0.2) is 91.3 Å². The highest BCUT2D eigenvalue weighted by atomic mass is 19.4. The number of benzene rings is 3. The summed E-state index contributed by atoms with van der Waals surface area (Å²) in [5, 5.41) is 4.45. The second kappa shape index (κ2) is 12.1. The van der Waals surface area contributed by atoms with E-state index in [1.54, 1.807) is 27.9 Å². The van der Waals surface area contributed by atoms with Gasteiger partial charge in [-0.3, -0.25) is 9.48 Å². The van der Waals surface area contributed by atoms with E-state index in [2.05, 4.69) is 5.10 Å². The molecule has 0 aliphatic carbocycles. The number of carbonyl (C=O) groups is 1. The van der Waals surface area contributed by atoms with Crippen molar-refractivity contribution in [2.75, 3.05) is 6.54 Å². The van der Waals surface area contributed by atoms with Crippen LogP contribution >= 0.6 is 0 Å². The van der Waals surface area contributed by atoms with Gasteiger partial charge in [-0.05, 0) is 65.9 Å². The van der Waals surface area contributed by atoms with E-state index >= 15 is 0 Å². The monoisotopic (exact) mass is 643 g/mol. The van der Waals surface area contributed by atoms with Crippen molar-refractivity contribution in [2.45, 2.75) is 56.4 Å². The van der Waals surface area contributed by atoms with E-state index in [0.29, 0.717) is 30.7 Å². The standard InChI is InChI=1S/C34H28F7N3O2/c1-20(23-11-26(33(36,37)38)15-27(12-23)34(39,40)41)46-30-19-44-29(32(30)22-7-9-28(35)10-8-22)13-24(14-31(44)45)25-16-42-43(18-25)17-21-5-3-2-4-6-21/h2-12,14-16,18,20,29-30,32H,13,17,19H2,1H3/t20-,29?,30+,32+/m1/s1. The molecule has 1 fully saturated rings. The molecule has 1 amide bonds. The molecule has 3 heterocycles. The summed E-state index contributed by atoms with van der Waals surface area (Å²) in [7, 11) is 0. The summed E-state index contributed by atoms with van der Waals surface area (Å²) in [5.41, 5.74) is -0.0588. The number of halogens is 7. The molecule has 3 aromatic carbocycles. The number of amides is 1. The molecule has 0 radical (unpaired) electrons. The molecule has 4 atom stereocenters. The predicted octanol–water partition coefficient (Wildman–Crippen LogP) is 8.04. The van der Waals surface area contributed by atoms with Crippen LogP contribution in [0.3, 0.4) is 0 Å². The van der Waals surface area contributed by atoms with Crippen LogP contribution in [0.4, 0.5) is 30.7 Å². The number of fused-ring (bicyclic) bond motifs is 1. The molecule has 4 aromatic rings. The van der Waals surface area contributed by atoms with Crippen LogP contribution in [0, 0.1) is 5.82 Å². The molecule has 46 heavy (non-hydrogen) atoms. The molecule has 0 N–H and O–H groups in total. The van der Waals surface area contributed by atoms with Crippen LogP contribution in [-0.4, -0.2) is 39.3 Å². The van der Waals surface area contributed by atoms with Gasteiger partial charge in [0.2, 0.25) is 5.91 Å². The Kier molecular flexibility index (Phi) is 8.26. The molecule has 12 heteroatoms. The molecule has 6 rings (SSSR count). The van der Waals surface area contributed by atoms with Crippen molar-refractivity contribution in [3.63, 3.8) is 0 Å². The zero-order valence-electron chi connectivity index (χ0n) is 24.4. The van der Waals surface area contributed by atoms with Crippen molar-refractivity contribution >= 4 is 11.5 Å². The van der Waals surface area contributed by atoms with Gasteiger partial charge >= 0.3 is 12.4 Å². The third kappa shape index (κ3) is 6.57. The Morgan fingerprint density at radius 3 is 2.22 bits per heavy atom. The molecule has 240 valence electrons. The number of aromatic nitrogens is 2. The third-order valence-electron chi connectivity index (χ3n) is 8.51. The molecule has 1 unspecified atom stereocenters. The summed E-state index contributed by atoms with van der Waals surface area (Å²) >= 11 is 0. The summed E-state index contributed by atoms with van der Waals surface area (Å²) in [5.74, 6) is -1.35. The lowest BCUT2D eigenvalue weighted by Crippen LogP contribution is -2.39. The number of hydrogen-bond donors (Lipinski definition) is 0. The highest BCUT2D eigenvalue weighted by Gasteiger charge is 2.48. The van der Waals surface area contributed by atoms with Crippen molar-refractivity contribution in [1.29, 1.82) is 0 Å². The quantitative estimate of drug-likeness (QED) is 0.192. The first-order chi connectivity index (χ1) is 21.8. The number of alkyl halides is 6. The minimum Gasteiger partial charge on any atom is -0.368 e. The van der Waals surface area contributed by atoms with Gasteiger partial charge < -0.3 is 9.64 Å². The van der Waals surface area contributed by atoms with Gasteiger partial charge in [-0.1, -0.05) is 42.5 Å². The first-order valence-electron chi connectivity index (χ1n) is 14.5. The van der Waals surface area contributed by atoms with E-state index in [0.717, 1.165) is 16.7 Å². The normalized spacial score (nSPS) is 20.9. The summed E-state index contributed by atoms with van der Waals surface area (Å²) in [4.78, 5) is 15.1. The van der Waals surface area contributed by atoms with Gasteiger partial charge in [-0.2, -0.15) is 31.4 Å². The lowest BCUT2D eigenvalue weighted by atomic mass is 9.84. The van der Waals surface area contributed by atoms with Crippen molar-refractivity contribution in [1.82, 2.24) is 14.7 Å². The Bertz CT molecular complexity index is 1710. The molecule has 0 spiro atoms. The Hall–Kier alpha value is -4.45. The average Bonchev–Trinajstić information content (AvgIpc) is 3.62. The fourth-order valence-electron chi connectivity index (χ4n) is 6.28. The van der Waals surface area contributed by atoms with E-state index in [9.17, 15) is 35.5 Å². The smallest absolute Gasteiger partial charge is 0.368 e. The third-order valence-corrected chi connectivity index (χ3v) is 8.51. The first kappa shape index (κ1) is 31.5. The number of hydrogen-bond acceptors (Lipinski definition) is 3. The lowest BCUT2D eigenvalue weighted by molar-refractivity contribution is -0.143. The van der Waals surface area contributed by atoms with Crippen molar-refractivity contribution in [3.8, 4) is 0 Å². The van der Waals surface area contributed by atoms with E-state index in [1.807, 2.05) is 36.5 Å². The molecule has 2 aliphatic rings. The maximum absolute atomic E-state index is 13.9.